The zero-order valence-corrected chi connectivity index (χ0v) is 17.1. The molecule has 0 aliphatic rings. The highest BCUT2D eigenvalue weighted by Crippen LogP contribution is 2.35. The fourth-order valence-electron chi connectivity index (χ4n) is 2.60. The van der Waals surface area contributed by atoms with Crippen LogP contribution in [-0.4, -0.2) is 28.5 Å². The van der Waals surface area contributed by atoms with Gasteiger partial charge in [0.2, 0.25) is 5.91 Å². The summed E-state index contributed by atoms with van der Waals surface area (Å²) in [7, 11) is -0.837. The molecule has 0 aliphatic carbocycles. The molecule has 156 valence electrons. The van der Waals surface area contributed by atoms with Crippen molar-refractivity contribution in [2.24, 2.45) is 5.73 Å². The first-order valence-electron chi connectivity index (χ1n) is 8.75. The molecule has 0 radical (unpaired) electrons. The van der Waals surface area contributed by atoms with Gasteiger partial charge in [0, 0.05) is 11.6 Å². The van der Waals surface area contributed by atoms with Crippen molar-refractivity contribution < 1.29 is 27.4 Å². The molecule has 0 saturated carbocycles. The van der Waals surface area contributed by atoms with Crippen LogP contribution in [0, 0.1) is 0 Å². The number of primary amides is 1. The number of rotatable bonds is 8. The lowest BCUT2D eigenvalue weighted by Crippen LogP contribution is -2.14. The zero-order valence-electron chi connectivity index (χ0n) is 16.3. The minimum Gasteiger partial charge on any atom is -0.497 e. The van der Waals surface area contributed by atoms with Crippen LogP contribution in [-0.2, 0) is 10.0 Å². The Labute approximate surface area is 174 Å². The maximum Gasteiger partial charge on any atom is 0.261 e. The lowest BCUT2D eigenvalue weighted by Gasteiger charge is -2.14. The Bertz CT molecular complexity index is 1140. The lowest BCUT2D eigenvalue weighted by atomic mass is 10.2. The van der Waals surface area contributed by atoms with Crippen LogP contribution in [0.2, 0.25) is 0 Å². The molecular weight excluding hydrogens is 408 g/mol. The van der Waals surface area contributed by atoms with Crippen LogP contribution >= 0.6 is 0 Å². The van der Waals surface area contributed by atoms with Crippen molar-refractivity contribution in [3.8, 4) is 23.0 Å². The third-order valence-corrected chi connectivity index (χ3v) is 5.55. The Balaban J connectivity index is 1.85. The summed E-state index contributed by atoms with van der Waals surface area (Å²) in [6.45, 7) is 0. The number of hydrogen-bond donors (Lipinski definition) is 2. The van der Waals surface area contributed by atoms with Gasteiger partial charge in [0.1, 0.15) is 11.5 Å². The Hall–Kier alpha value is -3.72. The van der Waals surface area contributed by atoms with Crippen LogP contribution < -0.4 is 24.7 Å². The van der Waals surface area contributed by atoms with Crippen LogP contribution in [0.3, 0.4) is 0 Å². The van der Waals surface area contributed by atoms with Gasteiger partial charge in [-0.05, 0) is 60.7 Å². The summed E-state index contributed by atoms with van der Waals surface area (Å²) in [6, 6.07) is 16.9. The number of benzene rings is 3. The summed E-state index contributed by atoms with van der Waals surface area (Å²) in [6.07, 6.45) is 0. The predicted octanol–water partition coefficient (Wildman–Crippen LogP) is 3.40. The molecule has 0 unspecified atom stereocenters. The molecule has 3 aromatic rings. The number of sulfonamides is 1. The number of carbonyl (C=O) groups is 1. The number of carbonyl (C=O) groups excluding carboxylic acids is 1. The molecule has 0 aromatic heterocycles. The first-order valence-corrected chi connectivity index (χ1v) is 10.2. The Morgan fingerprint density at radius 2 is 1.47 bits per heavy atom. The molecule has 0 heterocycles. The fraction of sp³-hybridized carbons (Fsp3) is 0.0952. The van der Waals surface area contributed by atoms with E-state index in [1.807, 2.05) is 0 Å². The van der Waals surface area contributed by atoms with E-state index in [2.05, 4.69) is 4.72 Å². The van der Waals surface area contributed by atoms with Crippen LogP contribution in [0.5, 0.6) is 23.0 Å². The van der Waals surface area contributed by atoms with Crippen molar-refractivity contribution >= 4 is 21.6 Å². The molecule has 8 nitrogen and oxygen atoms in total. The predicted molar refractivity (Wildman–Crippen MR) is 112 cm³/mol. The summed E-state index contributed by atoms with van der Waals surface area (Å²) in [5.41, 5.74) is 5.68. The second-order valence-corrected chi connectivity index (χ2v) is 7.82. The van der Waals surface area contributed by atoms with E-state index in [-0.39, 0.29) is 16.1 Å². The van der Waals surface area contributed by atoms with Crippen LogP contribution in [0.1, 0.15) is 10.4 Å². The van der Waals surface area contributed by atoms with E-state index in [9.17, 15) is 13.2 Å². The maximum atomic E-state index is 12.7. The van der Waals surface area contributed by atoms with Crippen molar-refractivity contribution in [2.75, 3.05) is 18.9 Å². The molecule has 3 N–H and O–H groups in total. The van der Waals surface area contributed by atoms with E-state index < -0.39 is 15.9 Å². The molecule has 0 spiro atoms. The van der Waals surface area contributed by atoms with E-state index >= 15 is 0 Å². The maximum absolute atomic E-state index is 12.7. The van der Waals surface area contributed by atoms with E-state index in [1.165, 1.54) is 37.4 Å². The van der Waals surface area contributed by atoms with Crippen molar-refractivity contribution in [2.45, 2.75) is 4.90 Å². The third kappa shape index (κ3) is 4.81. The number of anilines is 1. The molecule has 3 aromatic carbocycles. The summed E-state index contributed by atoms with van der Waals surface area (Å²) < 4.78 is 44.1. The zero-order chi connectivity index (χ0) is 21.7. The topological polar surface area (TPSA) is 117 Å². The van der Waals surface area contributed by atoms with Crippen molar-refractivity contribution in [3.05, 3.63) is 72.3 Å². The van der Waals surface area contributed by atoms with Gasteiger partial charge in [-0.25, -0.2) is 8.42 Å². The minimum absolute atomic E-state index is 0.0130. The van der Waals surface area contributed by atoms with Gasteiger partial charge in [0.05, 0.1) is 24.8 Å². The molecule has 0 atom stereocenters. The van der Waals surface area contributed by atoms with Crippen LogP contribution in [0.25, 0.3) is 0 Å². The molecule has 1 amide bonds. The first-order chi connectivity index (χ1) is 14.3. The second kappa shape index (κ2) is 8.75. The second-order valence-electron chi connectivity index (χ2n) is 6.14. The number of nitrogens with one attached hydrogen (secondary N) is 1. The highest BCUT2D eigenvalue weighted by atomic mass is 32.2. The van der Waals surface area contributed by atoms with Crippen molar-refractivity contribution in [1.29, 1.82) is 0 Å². The normalized spacial score (nSPS) is 10.9. The molecule has 0 bridgehead atoms. The van der Waals surface area contributed by atoms with Crippen LogP contribution in [0.4, 0.5) is 5.69 Å². The summed E-state index contributed by atoms with van der Waals surface area (Å²) in [5, 5.41) is 0. The Morgan fingerprint density at radius 1 is 0.833 bits per heavy atom. The van der Waals surface area contributed by atoms with E-state index in [4.69, 9.17) is 19.9 Å². The SMILES string of the molecule is COc1ccc(Oc2cc(NS(=O)(=O)c3ccc(C(N)=O)cc3)ccc2OC)cc1. The van der Waals surface area contributed by atoms with Crippen LogP contribution in [0.15, 0.2) is 71.6 Å². The number of ether oxygens (including phenoxy) is 3. The monoisotopic (exact) mass is 428 g/mol. The molecule has 3 rings (SSSR count). The number of hydrogen-bond acceptors (Lipinski definition) is 6. The van der Waals surface area contributed by atoms with Gasteiger partial charge in [-0.1, -0.05) is 0 Å². The summed E-state index contributed by atoms with van der Waals surface area (Å²) >= 11 is 0. The largest absolute Gasteiger partial charge is 0.497 e. The highest BCUT2D eigenvalue weighted by Gasteiger charge is 2.16. The van der Waals surface area contributed by atoms with Crippen molar-refractivity contribution in [1.82, 2.24) is 0 Å². The fourth-order valence-corrected chi connectivity index (χ4v) is 3.65. The average molecular weight is 428 g/mol. The standard InChI is InChI=1S/C21H20N2O6S/c1-27-16-6-8-17(9-7-16)29-20-13-15(5-12-19(20)28-2)23-30(25,26)18-10-3-14(4-11-18)21(22)24/h3-13,23H,1-2H3,(H2,22,24). The van der Waals surface area contributed by atoms with Gasteiger partial charge in [-0.3, -0.25) is 9.52 Å². The Kier molecular flexibility index (Phi) is 6.12. The van der Waals surface area contributed by atoms with Gasteiger partial charge >= 0.3 is 0 Å². The van der Waals surface area contributed by atoms with Crippen molar-refractivity contribution in [3.63, 3.8) is 0 Å². The lowest BCUT2D eigenvalue weighted by molar-refractivity contribution is 0.1000. The first kappa shape index (κ1) is 21.0. The molecule has 30 heavy (non-hydrogen) atoms. The number of amides is 1. The Morgan fingerprint density at radius 3 is 2.03 bits per heavy atom. The van der Waals surface area contributed by atoms with Gasteiger partial charge in [-0.2, -0.15) is 0 Å². The number of nitrogens with two attached hydrogens (primary N) is 1. The van der Waals surface area contributed by atoms with Gasteiger partial charge < -0.3 is 19.9 Å². The average Bonchev–Trinajstić information content (AvgIpc) is 2.74. The molecule has 0 saturated heterocycles. The molecule has 0 aliphatic heterocycles. The van der Waals surface area contributed by atoms with Gasteiger partial charge in [-0.15, -0.1) is 0 Å². The highest BCUT2D eigenvalue weighted by molar-refractivity contribution is 7.92. The minimum atomic E-state index is -3.89. The molecule has 0 fully saturated rings. The quantitative estimate of drug-likeness (QED) is 0.568. The number of methoxy groups -OCH3 is 2. The molecular formula is C21H20N2O6S. The third-order valence-electron chi connectivity index (χ3n) is 4.15. The summed E-state index contributed by atoms with van der Waals surface area (Å²) in [5.74, 6) is 1.32. The van der Waals surface area contributed by atoms with E-state index in [1.54, 1.807) is 43.5 Å². The smallest absolute Gasteiger partial charge is 0.261 e. The van der Waals surface area contributed by atoms with Gasteiger partial charge in [0.15, 0.2) is 11.5 Å². The van der Waals surface area contributed by atoms with E-state index in [0.29, 0.717) is 23.0 Å². The van der Waals surface area contributed by atoms with Gasteiger partial charge in [0.25, 0.3) is 10.0 Å². The molecule has 9 heteroatoms. The van der Waals surface area contributed by atoms with E-state index in [0.717, 1.165) is 0 Å². The summed E-state index contributed by atoms with van der Waals surface area (Å²) in [4.78, 5) is 11.1.